The molecule has 0 fully saturated rings. The predicted octanol–water partition coefficient (Wildman–Crippen LogP) is 4.20. The number of nitrogens with one attached hydrogen (secondary N) is 1. The van der Waals surface area contributed by atoms with Crippen molar-refractivity contribution in [1.82, 2.24) is 10.3 Å². The number of pyridine rings is 1. The lowest BCUT2D eigenvalue weighted by molar-refractivity contribution is 0.0964. The average Bonchev–Trinajstić information content (AvgIpc) is 3.31. The molecule has 5 rings (SSSR count). The summed E-state index contributed by atoms with van der Waals surface area (Å²) in [6.07, 6.45) is 2.47. The number of aromatic nitrogens is 1. The van der Waals surface area contributed by atoms with Gasteiger partial charge in [0, 0.05) is 42.9 Å². The highest BCUT2D eigenvalue weighted by Crippen LogP contribution is 2.44. The van der Waals surface area contributed by atoms with Crippen LogP contribution < -0.4 is 25.3 Å². The first-order valence-electron chi connectivity index (χ1n) is 10.9. The monoisotopic (exact) mass is 443 g/mol. The maximum Gasteiger partial charge on any atom is 0.251 e. The van der Waals surface area contributed by atoms with Crippen LogP contribution in [-0.4, -0.2) is 37.2 Å². The van der Waals surface area contributed by atoms with Crippen molar-refractivity contribution in [2.24, 2.45) is 5.73 Å². The number of nitrogens with two attached hydrogens (primary N) is 1. The molecule has 0 aliphatic carbocycles. The molecule has 3 N–H and O–H groups in total. The summed E-state index contributed by atoms with van der Waals surface area (Å²) in [5.74, 6) is 2.64. The summed E-state index contributed by atoms with van der Waals surface area (Å²) < 4.78 is 18.1. The van der Waals surface area contributed by atoms with Gasteiger partial charge in [-0.3, -0.25) is 9.78 Å². The number of hydrogen-bond acceptors (Lipinski definition) is 6. The number of carbonyl (C=O) groups excluding carboxylic acids is 1. The summed E-state index contributed by atoms with van der Waals surface area (Å²) in [6.45, 7) is 2.87. The molecule has 0 bridgehead atoms. The summed E-state index contributed by atoms with van der Waals surface area (Å²) in [7, 11) is 1.63. The minimum absolute atomic E-state index is 0.0859. The molecule has 1 atom stereocenters. The molecule has 0 unspecified atom stereocenters. The van der Waals surface area contributed by atoms with Crippen molar-refractivity contribution in [2.45, 2.75) is 19.4 Å². The third-order valence-corrected chi connectivity index (χ3v) is 5.66. The molecule has 1 aliphatic rings. The van der Waals surface area contributed by atoms with E-state index in [-0.39, 0.29) is 11.9 Å². The van der Waals surface area contributed by atoms with E-state index >= 15 is 0 Å². The molecule has 0 saturated carbocycles. The van der Waals surface area contributed by atoms with Gasteiger partial charge in [0.05, 0.1) is 17.5 Å². The maximum absolute atomic E-state index is 12.2. The van der Waals surface area contributed by atoms with E-state index in [4.69, 9.17) is 19.9 Å². The SMILES string of the molecule is CNC(=O)c1cccc2cc(Oc3ccnc4cc(OC[C@@H](C)N)c5c(c34)CCO5)ccc12. The summed E-state index contributed by atoms with van der Waals surface area (Å²) in [5, 5.41) is 5.39. The first-order valence-corrected chi connectivity index (χ1v) is 10.9. The van der Waals surface area contributed by atoms with Gasteiger partial charge in [-0.15, -0.1) is 0 Å². The molecule has 0 saturated heterocycles. The van der Waals surface area contributed by atoms with E-state index in [1.165, 1.54) is 0 Å². The molecule has 4 aromatic rings. The van der Waals surface area contributed by atoms with Gasteiger partial charge in [-0.05, 0) is 48.0 Å². The number of amides is 1. The van der Waals surface area contributed by atoms with Crippen LogP contribution in [0.25, 0.3) is 21.7 Å². The summed E-state index contributed by atoms with van der Waals surface area (Å²) in [4.78, 5) is 16.7. The van der Waals surface area contributed by atoms with Crippen molar-refractivity contribution in [2.75, 3.05) is 20.3 Å². The molecule has 2 heterocycles. The predicted molar refractivity (Wildman–Crippen MR) is 127 cm³/mol. The number of ether oxygens (including phenoxy) is 3. The molecule has 33 heavy (non-hydrogen) atoms. The summed E-state index contributed by atoms with van der Waals surface area (Å²) >= 11 is 0. The van der Waals surface area contributed by atoms with Crippen LogP contribution in [0.3, 0.4) is 0 Å². The Morgan fingerprint density at radius 1 is 1.21 bits per heavy atom. The number of fused-ring (bicyclic) bond motifs is 4. The summed E-state index contributed by atoms with van der Waals surface area (Å²) in [5.41, 5.74) is 8.29. The maximum atomic E-state index is 12.2. The first-order chi connectivity index (χ1) is 16.0. The standard InChI is InChI=1S/C26H25N3O4/c1-15(27)14-32-23-13-21-24(20-9-11-31-25(20)23)22(8-10-29-21)33-17-6-7-18-16(12-17)4-3-5-19(18)26(30)28-2/h3-8,10,12-13,15H,9,11,14,27H2,1-2H3,(H,28,30)/t15-/m1/s1. The van der Waals surface area contributed by atoms with Crippen LogP contribution in [-0.2, 0) is 6.42 Å². The van der Waals surface area contributed by atoms with Crippen LogP contribution in [0.5, 0.6) is 23.0 Å². The van der Waals surface area contributed by atoms with Crippen molar-refractivity contribution < 1.29 is 19.0 Å². The van der Waals surface area contributed by atoms with Crippen LogP contribution in [0.15, 0.2) is 54.7 Å². The Morgan fingerprint density at radius 3 is 2.91 bits per heavy atom. The second kappa shape index (κ2) is 8.60. The molecule has 0 radical (unpaired) electrons. The lowest BCUT2D eigenvalue weighted by Crippen LogP contribution is -2.23. The van der Waals surface area contributed by atoms with Crippen LogP contribution >= 0.6 is 0 Å². The van der Waals surface area contributed by atoms with Gasteiger partial charge in [0.25, 0.3) is 5.91 Å². The first kappa shape index (κ1) is 21.0. The van der Waals surface area contributed by atoms with Crippen LogP contribution in [0.2, 0.25) is 0 Å². The van der Waals surface area contributed by atoms with Gasteiger partial charge in [0.2, 0.25) is 0 Å². The minimum atomic E-state index is -0.119. The number of benzene rings is 3. The molecule has 1 amide bonds. The average molecular weight is 444 g/mol. The Hall–Kier alpha value is -3.84. The Kier molecular flexibility index (Phi) is 5.48. The van der Waals surface area contributed by atoms with E-state index in [1.54, 1.807) is 13.2 Å². The molecule has 1 aromatic heterocycles. The van der Waals surface area contributed by atoms with Gasteiger partial charge in [-0.1, -0.05) is 12.1 Å². The van der Waals surface area contributed by atoms with Crippen molar-refractivity contribution in [3.63, 3.8) is 0 Å². The van der Waals surface area contributed by atoms with E-state index in [0.717, 1.165) is 39.4 Å². The molecule has 1 aliphatic heterocycles. The highest BCUT2D eigenvalue weighted by molar-refractivity contribution is 6.07. The molecule has 3 aromatic carbocycles. The molecule has 7 nitrogen and oxygen atoms in total. The lowest BCUT2D eigenvalue weighted by Gasteiger charge is -2.16. The van der Waals surface area contributed by atoms with E-state index in [9.17, 15) is 4.79 Å². The zero-order valence-electron chi connectivity index (χ0n) is 18.6. The van der Waals surface area contributed by atoms with Crippen LogP contribution in [0.4, 0.5) is 0 Å². The normalized spacial score (nSPS) is 13.4. The van der Waals surface area contributed by atoms with E-state index in [1.807, 2.05) is 55.5 Å². The molecular weight excluding hydrogens is 418 g/mol. The van der Waals surface area contributed by atoms with Crippen molar-refractivity contribution in [3.05, 3.63) is 65.9 Å². The zero-order chi connectivity index (χ0) is 22.9. The molecule has 7 heteroatoms. The summed E-state index contributed by atoms with van der Waals surface area (Å²) in [6, 6.07) is 15.0. The second-order valence-corrected chi connectivity index (χ2v) is 8.14. The highest BCUT2D eigenvalue weighted by atomic mass is 16.5. The number of carbonyl (C=O) groups is 1. The van der Waals surface area contributed by atoms with Crippen molar-refractivity contribution >= 4 is 27.6 Å². The smallest absolute Gasteiger partial charge is 0.251 e. The quantitative estimate of drug-likeness (QED) is 0.464. The minimum Gasteiger partial charge on any atom is -0.489 e. The third kappa shape index (κ3) is 3.91. The Balaban J connectivity index is 1.55. The van der Waals surface area contributed by atoms with Crippen LogP contribution in [0, 0.1) is 0 Å². The van der Waals surface area contributed by atoms with Gasteiger partial charge >= 0.3 is 0 Å². The fraction of sp³-hybridized carbons (Fsp3) is 0.231. The van der Waals surface area contributed by atoms with Crippen molar-refractivity contribution in [3.8, 4) is 23.0 Å². The van der Waals surface area contributed by atoms with Gasteiger partial charge in [0.15, 0.2) is 11.5 Å². The fourth-order valence-corrected chi connectivity index (χ4v) is 4.17. The van der Waals surface area contributed by atoms with Gasteiger partial charge in [-0.2, -0.15) is 0 Å². The fourth-order valence-electron chi connectivity index (χ4n) is 4.17. The number of nitrogens with zero attached hydrogens (tertiary/aromatic N) is 1. The van der Waals surface area contributed by atoms with E-state index in [0.29, 0.717) is 36.0 Å². The van der Waals surface area contributed by atoms with Crippen molar-refractivity contribution in [1.29, 1.82) is 0 Å². The second-order valence-electron chi connectivity index (χ2n) is 8.14. The third-order valence-electron chi connectivity index (χ3n) is 5.66. The Labute approximate surface area is 191 Å². The number of rotatable bonds is 6. The number of hydrogen-bond donors (Lipinski definition) is 2. The Bertz CT molecular complexity index is 1370. The molecule has 168 valence electrons. The van der Waals surface area contributed by atoms with Gasteiger partial charge in [0.1, 0.15) is 18.1 Å². The topological polar surface area (TPSA) is 95.7 Å². The lowest BCUT2D eigenvalue weighted by atomic mass is 10.0. The van der Waals surface area contributed by atoms with Crippen LogP contribution in [0.1, 0.15) is 22.8 Å². The van der Waals surface area contributed by atoms with Gasteiger partial charge in [-0.25, -0.2) is 0 Å². The largest absolute Gasteiger partial charge is 0.489 e. The van der Waals surface area contributed by atoms with E-state index < -0.39 is 0 Å². The zero-order valence-corrected chi connectivity index (χ0v) is 18.6. The molecular formula is C26H25N3O4. The van der Waals surface area contributed by atoms with Gasteiger partial charge < -0.3 is 25.3 Å². The highest BCUT2D eigenvalue weighted by Gasteiger charge is 2.24. The molecule has 0 spiro atoms. The van der Waals surface area contributed by atoms with E-state index in [2.05, 4.69) is 10.3 Å². The Morgan fingerprint density at radius 2 is 2.09 bits per heavy atom.